The van der Waals surface area contributed by atoms with Gasteiger partial charge in [0, 0.05) is 13.2 Å². The summed E-state index contributed by atoms with van der Waals surface area (Å²) in [6.07, 6.45) is 6.30. The average Bonchev–Trinajstić information content (AvgIpc) is 2.65. The van der Waals surface area contributed by atoms with Crippen LogP contribution in [0.3, 0.4) is 0 Å². The minimum absolute atomic E-state index is 0.100. The molecule has 0 aromatic rings. The van der Waals surface area contributed by atoms with Crippen LogP contribution in [0, 0.1) is 31.2 Å². The molecule has 2 atom stereocenters. The van der Waals surface area contributed by atoms with Gasteiger partial charge < -0.3 is 19.9 Å². The van der Waals surface area contributed by atoms with Gasteiger partial charge in [-0.1, -0.05) is 0 Å². The molecule has 2 aliphatic rings. The summed E-state index contributed by atoms with van der Waals surface area (Å²) in [5.41, 5.74) is 5.80. The van der Waals surface area contributed by atoms with Crippen LogP contribution in [-0.2, 0) is 14.2 Å². The lowest BCUT2D eigenvalue weighted by molar-refractivity contribution is -0.210. The Bertz CT molecular complexity index is 198. The Balaban J connectivity index is 1.86. The van der Waals surface area contributed by atoms with Crippen LogP contribution in [0.1, 0.15) is 6.42 Å². The van der Waals surface area contributed by atoms with Gasteiger partial charge in [0.1, 0.15) is 0 Å². The molecular formula is C11H16NO3. The standard InChI is InChI=1S/C11H16NO3/c1-13-7-8-5-6-14-11(15-8)9-3-2-4-10(9)12/h2-4,8,11H,5-7,12H2,1H3/t8-,11-/m0/s1. The normalized spacial score (nSPS) is 34.8. The molecule has 1 saturated carbocycles. The van der Waals surface area contributed by atoms with Gasteiger partial charge in [0.2, 0.25) is 0 Å². The summed E-state index contributed by atoms with van der Waals surface area (Å²) in [5, 5.41) is 0. The highest BCUT2D eigenvalue weighted by molar-refractivity contribution is 5.43. The summed E-state index contributed by atoms with van der Waals surface area (Å²) in [6.45, 7) is 1.28. The zero-order valence-electron chi connectivity index (χ0n) is 8.81. The van der Waals surface area contributed by atoms with E-state index in [1.165, 1.54) is 0 Å². The lowest BCUT2D eigenvalue weighted by atomic mass is 10.0. The van der Waals surface area contributed by atoms with Crippen molar-refractivity contribution in [2.75, 3.05) is 20.3 Å². The van der Waals surface area contributed by atoms with Crippen LogP contribution >= 0.6 is 0 Å². The van der Waals surface area contributed by atoms with E-state index in [9.17, 15) is 0 Å². The zero-order chi connectivity index (χ0) is 10.7. The van der Waals surface area contributed by atoms with E-state index in [1.54, 1.807) is 7.11 Å². The van der Waals surface area contributed by atoms with Crippen LogP contribution in [0.2, 0.25) is 0 Å². The third kappa shape index (κ3) is 2.69. The second kappa shape index (κ2) is 5.25. The molecule has 4 nitrogen and oxygen atoms in total. The zero-order valence-corrected chi connectivity index (χ0v) is 8.81. The van der Waals surface area contributed by atoms with Crippen molar-refractivity contribution >= 4 is 0 Å². The summed E-state index contributed by atoms with van der Waals surface area (Å²) in [7, 11) is 1.67. The maximum absolute atomic E-state index is 5.80. The Morgan fingerprint density at radius 1 is 1.53 bits per heavy atom. The molecule has 2 N–H and O–H groups in total. The number of methoxy groups -OCH3 is 1. The van der Waals surface area contributed by atoms with Crippen LogP contribution < -0.4 is 5.73 Å². The second-order valence-electron chi connectivity index (χ2n) is 3.64. The quantitative estimate of drug-likeness (QED) is 0.735. The fourth-order valence-electron chi connectivity index (χ4n) is 1.72. The van der Waals surface area contributed by atoms with Crippen LogP contribution in [0.25, 0.3) is 0 Å². The highest BCUT2D eigenvalue weighted by atomic mass is 16.7. The van der Waals surface area contributed by atoms with Gasteiger partial charge in [-0.3, -0.25) is 0 Å². The first-order valence-electron chi connectivity index (χ1n) is 5.08. The molecular weight excluding hydrogens is 194 g/mol. The van der Waals surface area contributed by atoms with E-state index in [0.29, 0.717) is 13.2 Å². The molecule has 83 valence electrons. The van der Waals surface area contributed by atoms with Gasteiger partial charge in [-0.2, -0.15) is 0 Å². The molecule has 4 heteroatoms. The molecule has 15 heavy (non-hydrogen) atoms. The molecule has 0 aromatic carbocycles. The summed E-state index contributed by atoms with van der Waals surface area (Å²) < 4.78 is 16.3. The topological polar surface area (TPSA) is 53.7 Å². The van der Waals surface area contributed by atoms with E-state index >= 15 is 0 Å². The first-order valence-corrected chi connectivity index (χ1v) is 5.08. The third-order valence-corrected chi connectivity index (χ3v) is 2.52. The molecule has 1 aliphatic heterocycles. The second-order valence-corrected chi connectivity index (χ2v) is 3.64. The number of rotatable bonds is 3. The van der Waals surface area contributed by atoms with Crippen molar-refractivity contribution < 1.29 is 14.2 Å². The smallest absolute Gasteiger partial charge is 0.166 e. The van der Waals surface area contributed by atoms with E-state index in [4.69, 9.17) is 19.9 Å². The van der Waals surface area contributed by atoms with Gasteiger partial charge in [-0.15, -0.1) is 0 Å². The number of hydrogen-bond acceptors (Lipinski definition) is 4. The lowest BCUT2D eigenvalue weighted by Crippen LogP contribution is -2.40. The van der Waals surface area contributed by atoms with Crippen molar-refractivity contribution in [2.45, 2.75) is 18.8 Å². The number of nitrogens with two attached hydrogens (primary N) is 1. The van der Waals surface area contributed by atoms with Gasteiger partial charge in [0.05, 0.1) is 25.2 Å². The maximum Gasteiger partial charge on any atom is 0.166 e. The van der Waals surface area contributed by atoms with Gasteiger partial charge >= 0.3 is 0 Å². The van der Waals surface area contributed by atoms with Crippen molar-refractivity contribution in [3.05, 3.63) is 31.2 Å². The Kier molecular flexibility index (Phi) is 3.97. The van der Waals surface area contributed by atoms with Crippen LogP contribution in [0.15, 0.2) is 0 Å². The van der Waals surface area contributed by atoms with Crippen LogP contribution in [0.5, 0.6) is 0 Å². The molecule has 5 radical (unpaired) electrons. The van der Waals surface area contributed by atoms with Crippen LogP contribution in [0.4, 0.5) is 0 Å². The minimum atomic E-state index is -0.339. The van der Waals surface area contributed by atoms with Gasteiger partial charge in [0.25, 0.3) is 0 Å². The van der Waals surface area contributed by atoms with Gasteiger partial charge in [0.15, 0.2) is 6.29 Å². The highest BCUT2D eigenvalue weighted by Crippen LogP contribution is 2.35. The molecule has 2 fully saturated rings. The summed E-state index contributed by atoms with van der Waals surface area (Å²) in [5.74, 6) is 0.913. The fourth-order valence-corrected chi connectivity index (χ4v) is 1.72. The molecule has 1 heterocycles. The van der Waals surface area contributed by atoms with E-state index in [0.717, 1.165) is 18.4 Å². The highest BCUT2D eigenvalue weighted by Gasteiger charge is 2.38. The maximum atomic E-state index is 5.80. The first-order chi connectivity index (χ1) is 7.31. The Labute approximate surface area is 91.1 Å². The molecule has 0 bridgehead atoms. The summed E-state index contributed by atoms with van der Waals surface area (Å²) in [4.78, 5) is 0. The molecule has 0 amide bonds. The largest absolute Gasteiger partial charge is 0.382 e. The van der Waals surface area contributed by atoms with Crippen molar-refractivity contribution in [3.63, 3.8) is 0 Å². The fraction of sp³-hybridized carbons (Fsp3) is 0.545. The van der Waals surface area contributed by atoms with Gasteiger partial charge in [-0.05, 0) is 25.7 Å². The summed E-state index contributed by atoms with van der Waals surface area (Å²) >= 11 is 0. The van der Waals surface area contributed by atoms with E-state index in [2.05, 4.69) is 0 Å². The minimum Gasteiger partial charge on any atom is -0.382 e. The van der Waals surface area contributed by atoms with E-state index in [1.807, 2.05) is 19.3 Å². The van der Waals surface area contributed by atoms with Gasteiger partial charge in [-0.25, -0.2) is 0 Å². The SMILES string of the molecule is COC[C@@H]1CCO[C@H]([C]2[CH][CH][CH][C]2N)O1. The number of ether oxygens (including phenoxy) is 3. The molecule has 2 rings (SSSR count). The van der Waals surface area contributed by atoms with Crippen molar-refractivity contribution in [1.82, 2.24) is 0 Å². The monoisotopic (exact) mass is 210 g/mol. The third-order valence-electron chi connectivity index (χ3n) is 2.52. The summed E-state index contributed by atoms with van der Waals surface area (Å²) in [6, 6.07) is 0.720. The molecule has 1 saturated heterocycles. The molecule has 1 aliphatic carbocycles. The lowest BCUT2D eigenvalue weighted by Gasteiger charge is -2.34. The predicted octanol–water partition coefficient (Wildman–Crippen LogP) is 0.456. The molecule has 0 spiro atoms. The van der Waals surface area contributed by atoms with Crippen LogP contribution in [-0.4, -0.2) is 32.7 Å². The Hall–Kier alpha value is -0.160. The first kappa shape index (κ1) is 11.3. The van der Waals surface area contributed by atoms with Crippen molar-refractivity contribution in [1.29, 1.82) is 0 Å². The van der Waals surface area contributed by atoms with E-state index < -0.39 is 0 Å². The Morgan fingerprint density at radius 3 is 3.07 bits per heavy atom. The molecule has 0 unspecified atom stereocenters. The van der Waals surface area contributed by atoms with Crippen molar-refractivity contribution in [3.8, 4) is 0 Å². The Morgan fingerprint density at radius 2 is 2.40 bits per heavy atom. The predicted molar refractivity (Wildman–Crippen MR) is 54.7 cm³/mol. The average molecular weight is 210 g/mol. The molecule has 0 aromatic heterocycles. The van der Waals surface area contributed by atoms with Crippen molar-refractivity contribution in [2.24, 2.45) is 5.73 Å². The number of hydrogen-bond donors (Lipinski definition) is 1. The van der Waals surface area contributed by atoms with E-state index in [-0.39, 0.29) is 12.4 Å².